The van der Waals surface area contributed by atoms with Crippen LogP contribution >= 0.6 is 0 Å². The predicted molar refractivity (Wildman–Crippen MR) is 119 cm³/mol. The molecule has 6 rings (SSSR count). The maximum absolute atomic E-state index is 5.68. The van der Waals surface area contributed by atoms with Gasteiger partial charge >= 0.3 is 0 Å². The van der Waals surface area contributed by atoms with Crippen molar-refractivity contribution < 1.29 is 9.26 Å². The highest BCUT2D eigenvalue weighted by Crippen LogP contribution is 2.40. The summed E-state index contributed by atoms with van der Waals surface area (Å²) in [6, 6.07) is 7.42. The lowest BCUT2D eigenvalue weighted by Crippen LogP contribution is -2.24. The molecule has 11 heteroatoms. The summed E-state index contributed by atoms with van der Waals surface area (Å²) in [6.07, 6.45) is 7.67. The number of nitrogens with one attached hydrogen (secondary N) is 2. The second-order valence-corrected chi connectivity index (χ2v) is 8.24. The summed E-state index contributed by atoms with van der Waals surface area (Å²) in [4.78, 5) is 20.0. The summed E-state index contributed by atoms with van der Waals surface area (Å²) in [6.45, 7) is 0.795. The van der Waals surface area contributed by atoms with Crippen LogP contribution < -0.4 is 15.0 Å². The first-order valence-corrected chi connectivity index (χ1v) is 11.0. The number of aromatic amines is 1. The number of ether oxygens (including phenoxy) is 1. The molecule has 2 aliphatic rings. The maximum Gasteiger partial charge on any atom is 0.231 e. The van der Waals surface area contributed by atoms with Crippen molar-refractivity contribution in [3.63, 3.8) is 0 Å². The number of aromatic nitrogens is 7. The van der Waals surface area contributed by atoms with Gasteiger partial charge in [-0.1, -0.05) is 5.16 Å². The Balaban J connectivity index is 1.27. The Bertz CT molecular complexity index is 1250. The highest BCUT2D eigenvalue weighted by molar-refractivity contribution is 5.56. The van der Waals surface area contributed by atoms with Gasteiger partial charge in [0.15, 0.2) is 23.1 Å². The first-order chi connectivity index (χ1) is 16.3. The number of hydrogen-bond acceptors (Lipinski definition) is 10. The zero-order valence-corrected chi connectivity index (χ0v) is 18.1. The Labute approximate surface area is 189 Å². The average molecular weight is 445 g/mol. The second kappa shape index (κ2) is 8.15. The molecule has 0 amide bonds. The summed E-state index contributed by atoms with van der Waals surface area (Å²) in [7, 11) is 1.60. The number of nitrogens with zero attached hydrogens (tertiary/aromatic N) is 7. The second-order valence-electron chi connectivity index (χ2n) is 8.24. The maximum atomic E-state index is 5.68. The van der Waals surface area contributed by atoms with Crippen molar-refractivity contribution in [2.75, 3.05) is 23.9 Å². The number of hydrogen-bond donors (Lipinski definition) is 2. The van der Waals surface area contributed by atoms with E-state index < -0.39 is 0 Å². The van der Waals surface area contributed by atoms with Crippen molar-refractivity contribution in [3.05, 3.63) is 48.1 Å². The molecule has 1 saturated carbocycles. The lowest BCUT2D eigenvalue weighted by molar-refractivity contribution is 0.361. The van der Waals surface area contributed by atoms with Crippen LogP contribution in [0.4, 0.5) is 17.6 Å². The molecule has 0 radical (unpaired) electrons. The van der Waals surface area contributed by atoms with Crippen LogP contribution in [0.1, 0.15) is 49.1 Å². The van der Waals surface area contributed by atoms with Crippen LogP contribution in [0.15, 0.2) is 41.2 Å². The van der Waals surface area contributed by atoms with Crippen molar-refractivity contribution >= 4 is 17.6 Å². The fraction of sp³-hybridized carbons (Fsp3) is 0.364. The Morgan fingerprint density at radius 1 is 1.09 bits per heavy atom. The van der Waals surface area contributed by atoms with Gasteiger partial charge in [0.1, 0.15) is 5.82 Å². The fourth-order valence-electron chi connectivity index (χ4n) is 4.13. The Morgan fingerprint density at radius 2 is 1.97 bits per heavy atom. The molecule has 1 aliphatic heterocycles. The third-order valence-corrected chi connectivity index (χ3v) is 5.93. The van der Waals surface area contributed by atoms with E-state index in [1.807, 2.05) is 12.1 Å². The van der Waals surface area contributed by atoms with Crippen molar-refractivity contribution in [2.24, 2.45) is 0 Å². The molecule has 1 saturated heterocycles. The third kappa shape index (κ3) is 3.97. The molecule has 0 bridgehead atoms. The molecule has 1 atom stereocenters. The smallest absolute Gasteiger partial charge is 0.231 e. The van der Waals surface area contributed by atoms with Gasteiger partial charge in [0.05, 0.1) is 13.2 Å². The van der Waals surface area contributed by atoms with E-state index in [1.165, 1.54) is 12.8 Å². The van der Waals surface area contributed by atoms with Crippen LogP contribution in [-0.4, -0.2) is 48.9 Å². The summed E-state index contributed by atoms with van der Waals surface area (Å²) in [5.41, 5.74) is 1.76. The topological polar surface area (TPSA) is 131 Å². The van der Waals surface area contributed by atoms with Crippen LogP contribution in [0, 0.1) is 0 Å². The van der Waals surface area contributed by atoms with Gasteiger partial charge in [-0.3, -0.25) is 5.10 Å². The van der Waals surface area contributed by atoms with Gasteiger partial charge in [-0.05, 0) is 31.7 Å². The SMILES string of the molecule is COc1cc(Nc2cc(C3CC3)[nH]n2)nc(N2CCC[C@H]2c2cc(-c3ncccn3)no2)n1. The van der Waals surface area contributed by atoms with E-state index >= 15 is 0 Å². The number of methoxy groups -OCH3 is 1. The zero-order chi connectivity index (χ0) is 22.2. The van der Waals surface area contributed by atoms with Crippen LogP contribution in [-0.2, 0) is 0 Å². The minimum Gasteiger partial charge on any atom is -0.481 e. The molecule has 11 nitrogen and oxygen atoms in total. The van der Waals surface area contributed by atoms with Crippen LogP contribution in [0.3, 0.4) is 0 Å². The van der Waals surface area contributed by atoms with E-state index in [9.17, 15) is 0 Å². The summed E-state index contributed by atoms with van der Waals surface area (Å²) < 4.78 is 11.1. The van der Waals surface area contributed by atoms with Crippen molar-refractivity contribution in [1.82, 2.24) is 35.3 Å². The molecular weight excluding hydrogens is 422 g/mol. The van der Waals surface area contributed by atoms with Gasteiger partial charge in [0, 0.05) is 48.7 Å². The third-order valence-electron chi connectivity index (χ3n) is 5.93. The summed E-state index contributed by atoms with van der Waals surface area (Å²) in [5.74, 6) is 4.25. The largest absolute Gasteiger partial charge is 0.481 e. The Morgan fingerprint density at radius 3 is 2.79 bits per heavy atom. The fourth-order valence-corrected chi connectivity index (χ4v) is 4.13. The van der Waals surface area contributed by atoms with Gasteiger partial charge in [0.2, 0.25) is 11.8 Å². The minimum atomic E-state index is -0.0400. The molecule has 0 unspecified atom stereocenters. The minimum absolute atomic E-state index is 0.0400. The molecule has 33 heavy (non-hydrogen) atoms. The van der Waals surface area contributed by atoms with Gasteiger partial charge in [-0.15, -0.1) is 0 Å². The molecule has 0 spiro atoms. The first kappa shape index (κ1) is 19.6. The number of rotatable bonds is 7. The van der Waals surface area contributed by atoms with Crippen molar-refractivity contribution in [2.45, 2.75) is 37.6 Å². The number of H-pyrrole nitrogens is 1. The molecule has 0 aromatic carbocycles. The van der Waals surface area contributed by atoms with Crippen molar-refractivity contribution in [3.8, 4) is 17.4 Å². The molecule has 4 aromatic rings. The van der Waals surface area contributed by atoms with E-state index in [0.29, 0.717) is 35.1 Å². The van der Waals surface area contributed by atoms with Gasteiger partial charge in [-0.25, -0.2) is 9.97 Å². The Kier molecular flexibility index (Phi) is 4.85. The molecule has 168 valence electrons. The van der Waals surface area contributed by atoms with Gasteiger partial charge in [0.25, 0.3) is 0 Å². The van der Waals surface area contributed by atoms with Crippen molar-refractivity contribution in [1.29, 1.82) is 0 Å². The zero-order valence-electron chi connectivity index (χ0n) is 18.1. The van der Waals surface area contributed by atoms with E-state index in [1.54, 1.807) is 31.6 Å². The normalized spacial score (nSPS) is 18.0. The highest BCUT2D eigenvalue weighted by atomic mass is 16.5. The average Bonchev–Trinajstić information content (AvgIpc) is 3.23. The predicted octanol–water partition coefficient (Wildman–Crippen LogP) is 3.62. The lowest BCUT2D eigenvalue weighted by Gasteiger charge is -2.23. The molecule has 2 N–H and O–H groups in total. The Hall–Kier alpha value is -4.02. The highest BCUT2D eigenvalue weighted by Gasteiger charge is 2.32. The quantitative estimate of drug-likeness (QED) is 0.435. The molecule has 2 fully saturated rings. The summed E-state index contributed by atoms with van der Waals surface area (Å²) in [5, 5.41) is 14.9. The first-order valence-electron chi connectivity index (χ1n) is 11.0. The van der Waals surface area contributed by atoms with E-state index in [2.05, 4.69) is 40.5 Å². The molecule has 1 aliphatic carbocycles. The summed E-state index contributed by atoms with van der Waals surface area (Å²) >= 11 is 0. The molecule has 5 heterocycles. The van der Waals surface area contributed by atoms with E-state index in [0.717, 1.165) is 36.7 Å². The van der Waals surface area contributed by atoms with Crippen LogP contribution in [0.25, 0.3) is 11.5 Å². The number of anilines is 3. The monoisotopic (exact) mass is 445 g/mol. The van der Waals surface area contributed by atoms with Gasteiger partial charge in [-0.2, -0.15) is 15.1 Å². The van der Waals surface area contributed by atoms with Crippen LogP contribution in [0.5, 0.6) is 5.88 Å². The molecule has 4 aromatic heterocycles. The van der Waals surface area contributed by atoms with E-state index in [-0.39, 0.29) is 6.04 Å². The van der Waals surface area contributed by atoms with E-state index in [4.69, 9.17) is 14.2 Å². The standard InChI is InChI=1S/C22H23N9O2/c1-32-20-12-18(25-19-11-14(28-29-19)13-5-6-13)26-22(27-20)31-9-2-4-16(31)17-10-15(30-33-17)21-23-7-3-8-24-21/h3,7-8,10-13,16H,2,4-6,9H2,1H3,(H2,25,26,27,28,29)/t16-/m0/s1. The van der Waals surface area contributed by atoms with Gasteiger partial charge < -0.3 is 19.5 Å². The molecular formula is C22H23N9O2. The van der Waals surface area contributed by atoms with Crippen LogP contribution in [0.2, 0.25) is 0 Å². The lowest BCUT2D eigenvalue weighted by atomic mass is 10.1.